The van der Waals surface area contributed by atoms with Gasteiger partial charge in [-0.3, -0.25) is 0 Å². The summed E-state index contributed by atoms with van der Waals surface area (Å²) in [4.78, 5) is 0. The zero-order chi connectivity index (χ0) is 18.2. The highest BCUT2D eigenvalue weighted by Crippen LogP contribution is 2.15. The van der Waals surface area contributed by atoms with E-state index in [1.165, 1.54) is 44.9 Å². The van der Waals surface area contributed by atoms with Crippen LogP contribution in [0.25, 0.3) is 0 Å². The molecule has 1 rings (SSSR count). The molecule has 0 spiro atoms. The summed E-state index contributed by atoms with van der Waals surface area (Å²) in [5.41, 5.74) is 5.06. The Hall–Kier alpha value is -0.810. The van der Waals surface area contributed by atoms with Crippen molar-refractivity contribution in [3.63, 3.8) is 0 Å². The number of ether oxygens (including phenoxy) is 1. The van der Waals surface area contributed by atoms with E-state index in [1.54, 1.807) is 0 Å². The highest BCUT2D eigenvalue weighted by atomic mass is 35.5. The molecule has 0 aromatic heterocycles. The quantitative estimate of drug-likeness (QED) is 0.366. The number of halogens is 1. The first-order valence-electron chi connectivity index (χ1n) is 9.89. The number of hydrogen-bond acceptors (Lipinski definition) is 4. The third-order valence-electron chi connectivity index (χ3n) is 4.71. The van der Waals surface area contributed by atoms with Gasteiger partial charge in [0.2, 0.25) is 0 Å². The molecular weight excluding hydrogens is 350 g/mol. The average Bonchev–Trinajstić information content (AvgIpc) is 2.66. The summed E-state index contributed by atoms with van der Waals surface area (Å²) >= 11 is 0. The van der Waals surface area contributed by atoms with E-state index in [0.717, 1.165) is 31.6 Å². The number of para-hydroxylation sites is 1. The lowest BCUT2D eigenvalue weighted by molar-refractivity contribution is 0.112. The van der Waals surface area contributed by atoms with E-state index in [-0.39, 0.29) is 25.6 Å². The van der Waals surface area contributed by atoms with Gasteiger partial charge in [0.05, 0.1) is 25.4 Å². The largest absolute Gasteiger partial charge is 0.494 e. The van der Waals surface area contributed by atoms with Crippen LogP contribution in [0.4, 0.5) is 0 Å². The molecule has 4 nitrogen and oxygen atoms in total. The van der Waals surface area contributed by atoms with Gasteiger partial charge in [-0.2, -0.15) is 0 Å². The maximum absolute atomic E-state index is 9.13. The van der Waals surface area contributed by atoms with Crippen molar-refractivity contribution < 1.29 is 14.9 Å². The molecule has 4 N–H and O–H groups in total. The van der Waals surface area contributed by atoms with Gasteiger partial charge in [0, 0.05) is 0 Å². The number of benzene rings is 1. The second kappa shape index (κ2) is 16.4. The van der Waals surface area contributed by atoms with Crippen LogP contribution >= 0.6 is 12.4 Å². The molecule has 0 aliphatic carbocycles. The first kappa shape index (κ1) is 25.2. The Morgan fingerprint density at radius 2 is 1.19 bits per heavy atom. The molecule has 0 aliphatic rings. The molecule has 5 heteroatoms. The van der Waals surface area contributed by atoms with E-state index in [0.29, 0.717) is 6.42 Å². The minimum atomic E-state index is -0.787. The maximum atomic E-state index is 9.13. The highest BCUT2D eigenvalue weighted by molar-refractivity contribution is 5.85. The molecule has 0 unspecified atom stereocenters. The third kappa shape index (κ3) is 12.5. The van der Waals surface area contributed by atoms with Gasteiger partial charge in [0.15, 0.2) is 0 Å². The fraction of sp³-hybridized carbons (Fsp3) is 0.714. The van der Waals surface area contributed by atoms with E-state index >= 15 is 0 Å². The predicted molar refractivity (Wildman–Crippen MR) is 111 cm³/mol. The molecule has 0 aliphatic heterocycles. The summed E-state index contributed by atoms with van der Waals surface area (Å²) in [6, 6.07) is 10.0. The van der Waals surface area contributed by atoms with Gasteiger partial charge >= 0.3 is 0 Å². The van der Waals surface area contributed by atoms with Crippen molar-refractivity contribution in [3.8, 4) is 5.75 Å². The minimum absolute atomic E-state index is 0. The third-order valence-corrected chi connectivity index (χ3v) is 4.71. The highest BCUT2D eigenvalue weighted by Gasteiger charge is 2.21. The van der Waals surface area contributed by atoms with Gasteiger partial charge in [-0.25, -0.2) is 0 Å². The van der Waals surface area contributed by atoms with Crippen molar-refractivity contribution in [1.82, 2.24) is 0 Å². The second-order valence-electron chi connectivity index (χ2n) is 7.13. The molecule has 1 aromatic carbocycles. The Morgan fingerprint density at radius 3 is 1.69 bits per heavy atom. The molecule has 26 heavy (non-hydrogen) atoms. The fourth-order valence-corrected chi connectivity index (χ4v) is 2.91. The molecule has 0 saturated carbocycles. The van der Waals surface area contributed by atoms with Crippen LogP contribution in [0.5, 0.6) is 5.75 Å². The van der Waals surface area contributed by atoms with Crippen LogP contribution in [-0.2, 0) is 0 Å². The van der Waals surface area contributed by atoms with E-state index in [4.69, 9.17) is 20.7 Å². The molecule has 0 atom stereocenters. The van der Waals surface area contributed by atoms with Crippen LogP contribution in [0.2, 0.25) is 0 Å². The predicted octanol–water partition coefficient (Wildman–Crippen LogP) is 4.46. The van der Waals surface area contributed by atoms with Gasteiger partial charge in [0.1, 0.15) is 5.75 Å². The van der Waals surface area contributed by atoms with E-state index in [2.05, 4.69) is 0 Å². The summed E-state index contributed by atoms with van der Waals surface area (Å²) in [5.74, 6) is 0.965. The number of aliphatic hydroxyl groups excluding tert-OH is 2. The van der Waals surface area contributed by atoms with E-state index < -0.39 is 5.54 Å². The molecule has 1 aromatic rings. The number of aliphatic hydroxyl groups is 2. The monoisotopic (exact) mass is 387 g/mol. The lowest BCUT2D eigenvalue weighted by Crippen LogP contribution is -2.47. The maximum Gasteiger partial charge on any atom is 0.119 e. The summed E-state index contributed by atoms with van der Waals surface area (Å²) in [6.45, 7) is 0.536. The number of rotatable bonds is 16. The zero-order valence-corrected chi connectivity index (χ0v) is 16.9. The first-order valence-corrected chi connectivity index (χ1v) is 9.89. The normalized spacial score (nSPS) is 11.2. The smallest absolute Gasteiger partial charge is 0.119 e. The zero-order valence-electron chi connectivity index (χ0n) is 16.1. The Morgan fingerprint density at radius 1 is 0.731 bits per heavy atom. The van der Waals surface area contributed by atoms with Crippen molar-refractivity contribution in [2.24, 2.45) is 5.73 Å². The van der Waals surface area contributed by atoms with Crippen LogP contribution in [0.15, 0.2) is 30.3 Å². The minimum Gasteiger partial charge on any atom is -0.494 e. The molecular formula is C21H38ClNO3. The number of unbranched alkanes of at least 4 members (excludes halogenated alkanes) is 9. The Kier molecular flexibility index (Phi) is 15.9. The van der Waals surface area contributed by atoms with Crippen LogP contribution in [-0.4, -0.2) is 35.6 Å². The molecule has 0 bridgehead atoms. The lowest BCUT2D eigenvalue weighted by Gasteiger charge is -2.24. The van der Waals surface area contributed by atoms with Crippen molar-refractivity contribution in [2.75, 3.05) is 19.8 Å². The summed E-state index contributed by atoms with van der Waals surface area (Å²) in [5, 5.41) is 18.3. The van der Waals surface area contributed by atoms with Gasteiger partial charge in [-0.05, 0) is 25.0 Å². The molecule has 0 saturated heterocycles. The van der Waals surface area contributed by atoms with E-state index in [9.17, 15) is 0 Å². The standard InChI is InChI=1S/C21H37NO3.ClH/c22-21(18-23,19-24)16-12-7-5-3-1-2-4-6-8-13-17-25-20-14-10-9-11-15-20;/h9-11,14-15,23-24H,1-8,12-13,16-19,22H2;1H. The van der Waals surface area contributed by atoms with Gasteiger partial charge in [0.25, 0.3) is 0 Å². The van der Waals surface area contributed by atoms with Crippen molar-refractivity contribution >= 4 is 12.4 Å². The van der Waals surface area contributed by atoms with Crippen LogP contribution in [0, 0.1) is 0 Å². The summed E-state index contributed by atoms with van der Waals surface area (Å²) in [6.07, 6.45) is 12.9. The Bertz CT molecular complexity index is 413. The first-order chi connectivity index (χ1) is 12.2. The topological polar surface area (TPSA) is 75.7 Å². The Balaban J connectivity index is 0.00000625. The van der Waals surface area contributed by atoms with Gasteiger partial charge in [-0.1, -0.05) is 76.0 Å². The average molecular weight is 388 g/mol. The molecule has 0 amide bonds. The van der Waals surface area contributed by atoms with Crippen molar-refractivity contribution in [2.45, 2.75) is 76.2 Å². The summed E-state index contributed by atoms with van der Waals surface area (Å²) < 4.78 is 5.69. The fourth-order valence-electron chi connectivity index (χ4n) is 2.91. The van der Waals surface area contributed by atoms with Crippen LogP contribution in [0.3, 0.4) is 0 Å². The number of nitrogens with two attached hydrogens (primary N) is 1. The van der Waals surface area contributed by atoms with Gasteiger partial charge < -0.3 is 20.7 Å². The molecule has 0 fully saturated rings. The van der Waals surface area contributed by atoms with Crippen molar-refractivity contribution in [3.05, 3.63) is 30.3 Å². The summed E-state index contributed by atoms with van der Waals surface area (Å²) in [7, 11) is 0. The molecule has 0 heterocycles. The lowest BCUT2D eigenvalue weighted by atomic mass is 9.94. The Labute approximate surface area is 165 Å². The van der Waals surface area contributed by atoms with Crippen LogP contribution in [0.1, 0.15) is 70.6 Å². The van der Waals surface area contributed by atoms with Crippen molar-refractivity contribution in [1.29, 1.82) is 0 Å². The van der Waals surface area contributed by atoms with E-state index in [1.807, 2.05) is 30.3 Å². The second-order valence-corrected chi connectivity index (χ2v) is 7.13. The molecule has 0 radical (unpaired) electrons. The number of hydrogen-bond donors (Lipinski definition) is 3. The SMILES string of the molecule is Cl.NC(CO)(CO)CCCCCCCCCCCCOc1ccccc1. The van der Waals surface area contributed by atoms with Crippen LogP contribution < -0.4 is 10.5 Å². The van der Waals surface area contributed by atoms with Gasteiger partial charge in [-0.15, -0.1) is 12.4 Å². The molecule has 152 valence electrons.